The van der Waals surface area contributed by atoms with Crippen molar-refractivity contribution in [3.8, 4) is 5.75 Å². The molecule has 1 aliphatic rings. The van der Waals surface area contributed by atoms with Crippen LogP contribution in [0, 0.1) is 0 Å². The summed E-state index contributed by atoms with van der Waals surface area (Å²) in [4.78, 5) is 31.1. The van der Waals surface area contributed by atoms with E-state index in [1.165, 1.54) is 0 Å². The maximum atomic E-state index is 12.7. The Labute approximate surface area is 159 Å². The number of Topliss-reactive ketones (excluding diaryl/α,β-unsaturated/α-hetero) is 1. The van der Waals surface area contributed by atoms with Crippen LogP contribution in [-0.2, 0) is 4.79 Å². The molecule has 6 heteroatoms. The number of hydrogen-bond acceptors (Lipinski definition) is 5. The van der Waals surface area contributed by atoms with Gasteiger partial charge < -0.3 is 15.0 Å². The molecule has 1 unspecified atom stereocenters. The van der Waals surface area contributed by atoms with Crippen molar-refractivity contribution < 1.29 is 14.3 Å². The quantitative estimate of drug-likeness (QED) is 0.762. The summed E-state index contributed by atoms with van der Waals surface area (Å²) in [5.74, 6) is 0.865. The van der Waals surface area contributed by atoms with E-state index in [1.54, 1.807) is 37.6 Å². The molecule has 1 amide bonds. The lowest BCUT2D eigenvalue weighted by Gasteiger charge is -2.36. The van der Waals surface area contributed by atoms with Crippen LogP contribution in [0.1, 0.15) is 41.2 Å². The van der Waals surface area contributed by atoms with Crippen LogP contribution in [0.2, 0.25) is 0 Å². The van der Waals surface area contributed by atoms with E-state index in [4.69, 9.17) is 4.74 Å². The SMILES string of the molecule is COc1ccc(C(=O)CCCC(=O)N2CCNCC2c2cccnc2)cc1. The smallest absolute Gasteiger partial charge is 0.223 e. The molecule has 0 bridgehead atoms. The molecular weight excluding hydrogens is 342 g/mol. The van der Waals surface area contributed by atoms with Crippen molar-refractivity contribution in [1.29, 1.82) is 0 Å². The highest BCUT2D eigenvalue weighted by Gasteiger charge is 2.27. The second-order valence-electron chi connectivity index (χ2n) is 6.60. The van der Waals surface area contributed by atoms with E-state index < -0.39 is 0 Å². The molecule has 2 aromatic rings. The van der Waals surface area contributed by atoms with Crippen LogP contribution in [0.15, 0.2) is 48.8 Å². The summed E-state index contributed by atoms with van der Waals surface area (Å²) in [7, 11) is 1.59. The van der Waals surface area contributed by atoms with Gasteiger partial charge in [-0.1, -0.05) is 6.07 Å². The Balaban J connectivity index is 1.53. The normalized spacial score (nSPS) is 16.8. The summed E-state index contributed by atoms with van der Waals surface area (Å²) in [5.41, 5.74) is 1.69. The highest BCUT2D eigenvalue weighted by atomic mass is 16.5. The molecule has 1 aliphatic heterocycles. The molecule has 0 aliphatic carbocycles. The highest BCUT2D eigenvalue weighted by Crippen LogP contribution is 2.23. The molecule has 3 rings (SSSR count). The number of nitrogens with one attached hydrogen (secondary N) is 1. The molecule has 1 atom stereocenters. The summed E-state index contributed by atoms with van der Waals surface area (Å²) in [6.45, 7) is 2.18. The zero-order valence-corrected chi connectivity index (χ0v) is 15.6. The average molecular weight is 367 g/mol. The molecule has 0 spiro atoms. The fourth-order valence-electron chi connectivity index (χ4n) is 3.34. The number of ketones is 1. The number of amides is 1. The summed E-state index contributed by atoms with van der Waals surface area (Å²) < 4.78 is 5.10. The molecule has 0 radical (unpaired) electrons. The van der Waals surface area contributed by atoms with Gasteiger partial charge in [0.25, 0.3) is 0 Å². The summed E-state index contributed by atoms with van der Waals surface area (Å²) >= 11 is 0. The van der Waals surface area contributed by atoms with Crippen LogP contribution >= 0.6 is 0 Å². The number of hydrogen-bond donors (Lipinski definition) is 1. The molecule has 1 N–H and O–H groups in total. The molecule has 2 heterocycles. The lowest BCUT2D eigenvalue weighted by molar-refractivity contribution is -0.134. The van der Waals surface area contributed by atoms with Crippen molar-refractivity contribution in [3.63, 3.8) is 0 Å². The molecule has 1 aromatic carbocycles. The number of carbonyl (C=O) groups excluding carboxylic acids is 2. The number of rotatable bonds is 7. The lowest BCUT2D eigenvalue weighted by atomic mass is 10.0. The van der Waals surface area contributed by atoms with Crippen molar-refractivity contribution in [1.82, 2.24) is 15.2 Å². The Morgan fingerprint density at radius 2 is 2.04 bits per heavy atom. The monoisotopic (exact) mass is 367 g/mol. The third-order valence-electron chi connectivity index (χ3n) is 4.84. The van der Waals surface area contributed by atoms with E-state index in [-0.39, 0.29) is 17.7 Å². The van der Waals surface area contributed by atoms with Crippen LogP contribution in [0.3, 0.4) is 0 Å². The first kappa shape index (κ1) is 19.0. The summed E-state index contributed by atoms with van der Waals surface area (Å²) in [5, 5.41) is 3.34. The van der Waals surface area contributed by atoms with Crippen LogP contribution in [0.25, 0.3) is 0 Å². The third-order valence-corrected chi connectivity index (χ3v) is 4.84. The van der Waals surface area contributed by atoms with Crippen LogP contribution < -0.4 is 10.1 Å². The standard InChI is InChI=1S/C21H25N3O3/c1-27-18-9-7-16(8-10-18)20(25)5-2-6-21(26)24-13-12-23-15-19(24)17-4-3-11-22-14-17/h3-4,7-11,14,19,23H,2,5-6,12-13,15H2,1H3. The zero-order chi connectivity index (χ0) is 19.1. The van der Waals surface area contributed by atoms with Gasteiger partial charge in [-0.15, -0.1) is 0 Å². The summed E-state index contributed by atoms with van der Waals surface area (Å²) in [6, 6.07) is 11.0. The molecule has 1 saturated heterocycles. The zero-order valence-electron chi connectivity index (χ0n) is 15.6. The van der Waals surface area contributed by atoms with Gasteiger partial charge in [-0.2, -0.15) is 0 Å². The fraction of sp³-hybridized carbons (Fsp3) is 0.381. The number of benzene rings is 1. The van der Waals surface area contributed by atoms with E-state index in [0.717, 1.165) is 24.4 Å². The van der Waals surface area contributed by atoms with Crippen molar-refractivity contribution >= 4 is 11.7 Å². The van der Waals surface area contributed by atoms with Crippen LogP contribution in [0.5, 0.6) is 5.75 Å². The number of methoxy groups -OCH3 is 1. The third kappa shape index (κ3) is 4.92. The highest BCUT2D eigenvalue weighted by molar-refractivity contribution is 5.96. The minimum absolute atomic E-state index is 0.00256. The second kappa shape index (κ2) is 9.28. The minimum Gasteiger partial charge on any atom is -0.497 e. The van der Waals surface area contributed by atoms with Crippen LogP contribution in [-0.4, -0.2) is 48.3 Å². The lowest BCUT2D eigenvalue weighted by Crippen LogP contribution is -2.48. The Morgan fingerprint density at radius 3 is 2.74 bits per heavy atom. The Hall–Kier alpha value is -2.73. The predicted octanol–water partition coefficient (Wildman–Crippen LogP) is 2.62. The maximum Gasteiger partial charge on any atom is 0.223 e. The number of pyridine rings is 1. The van der Waals surface area contributed by atoms with E-state index in [2.05, 4.69) is 10.3 Å². The van der Waals surface area contributed by atoms with Gasteiger partial charge >= 0.3 is 0 Å². The average Bonchev–Trinajstić information content (AvgIpc) is 2.74. The predicted molar refractivity (Wildman–Crippen MR) is 103 cm³/mol. The molecule has 1 aromatic heterocycles. The van der Waals surface area contributed by atoms with Crippen LogP contribution in [0.4, 0.5) is 0 Å². The molecule has 0 saturated carbocycles. The summed E-state index contributed by atoms with van der Waals surface area (Å²) in [6.07, 6.45) is 4.83. The molecular formula is C21H25N3O3. The van der Waals surface area contributed by atoms with Gasteiger partial charge in [-0.05, 0) is 42.3 Å². The van der Waals surface area contributed by atoms with Gasteiger partial charge in [-0.3, -0.25) is 14.6 Å². The van der Waals surface area contributed by atoms with Crippen molar-refractivity contribution in [3.05, 3.63) is 59.9 Å². The van der Waals surface area contributed by atoms with Gasteiger partial charge in [0, 0.05) is 50.4 Å². The Bertz CT molecular complexity index is 762. The van der Waals surface area contributed by atoms with Crippen molar-refractivity contribution in [2.45, 2.75) is 25.3 Å². The molecule has 142 valence electrons. The van der Waals surface area contributed by atoms with E-state index in [9.17, 15) is 9.59 Å². The molecule has 1 fully saturated rings. The molecule has 27 heavy (non-hydrogen) atoms. The van der Waals surface area contributed by atoms with Gasteiger partial charge in [0.15, 0.2) is 5.78 Å². The number of aromatic nitrogens is 1. The maximum absolute atomic E-state index is 12.7. The molecule has 6 nitrogen and oxygen atoms in total. The number of nitrogens with zero attached hydrogens (tertiary/aromatic N) is 2. The van der Waals surface area contributed by atoms with Crippen molar-refractivity contribution in [2.75, 3.05) is 26.7 Å². The second-order valence-corrected chi connectivity index (χ2v) is 6.60. The van der Waals surface area contributed by atoms with E-state index >= 15 is 0 Å². The topological polar surface area (TPSA) is 71.5 Å². The van der Waals surface area contributed by atoms with Crippen molar-refractivity contribution in [2.24, 2.45) is 0 Å². The first-order valence-electron chi connectivity index (χ1n) is 9.26. The van der Waals surface area contributed by atoms with E-state index in [1.807, 2.05) is 23.2 Å². The Kier molecular flexibility index (Phi) is 6.54. The first-order chi connectivity index (χ1) is 13.2. The largest absolute Gasteiger partial charge is 0.497 e. The van der Waals surface area contributed by atoms with Gasteiger partial charge in [0.2, 0.25) is 5.91 Å². The number of piperazine rings is 1. The number of carbonyl (C=O) groups is 2. The minimum atomic E-state index is -0.00256. The van der Waals surface area contributed by atoms with Gasteiger partial charge in [0.05, 0.1) is 13.2 Å². The Morgan fingerprint density at radius 1 is 1.22 bits per heavy atom. The number of ether oxygens (including phenoxy) is 1. The first-order valence-corrected chi connectivity index (χ1v) is 9.26. The fourth-order valence-corrected chi connectivity index (χ4v) is 3.34. The van der Waals surface area contributed by atoms with E-state index in [0.29, 0.717) is 31.4 Å². The van der Waals surface area contributed by atoms with Gasteiger partial charge in [-0.25, -0.2) is 0 Å². The van der Waals surface area contributed by atoms with Gasteiger partial charge in [0.1, 0.15) is 5.75 Å².